The molecule has 3 aromatic carbocycles. The van der Waals surface area contributed by atoms with Crippen LogP contribution in [0.5, 0.6) is 0 Å². The topological polar surface area (TPSA) is 59.8 Å². The first-order chi connectivity index (χ1) is 16.7. The minimum absolute atomic E-state index is 0.0187. The van der Waals surface area contributed by atoms with Gasteiger partial charge in [0.2, 0.25) is 0 Å². The maximum absolute atomic E-state index is 13.6. The third-order valence-electron chi connectivity index (χ3n) is 5.49. The second-order valence-corrected chi connectivity index (χ2v) is 11.0. The van der Waals surface area contributed by atoms with Crippen molar-refractivity contribution in [1.82, 2.24) is 20.1 Å². The molecular weight excluding hydrogens is 527 g/mol. The number of amides is 1. The fraction of sp³-hybridized carbons (Fsp3) is 0.222. The smallest absolute Gasteiger partial charge is 0.251 e. The predicted molar refractivity (Wildman–Crippen MR) is 141 cm³/mol. The Morgan fingerprint density at radius 2 is 1.63 bits per heavy atom. The summed E-state index contributed by atoms with van der Waals surface area (Å²) in [6.07, 6.45) is 0. The van der Waals surface area contributed by atoms with E-state index in [2.05, 4.69) is 52.2 Å². The van der Waals surface area contributed by atoms with Gasteiger partial charge in [-0.2, -0.15) is 0 Å². The molecule has 1 aromatic heterocycles. The molecule has 0 aliphatic rings. The van der Waals surface area contributed by atoms with Gasteiger partial charge in [0, 0.05) is 21.5 Å². The van der Waals surface area contributed by atoms with E-state index < -0.39 is 0 Å². The summed E-state index contributed by atoms with van der Waals surface area (Å²) in [7, 11) is 0. The molecule has 0 aliphatic heterocycles. The van der Waals surface area contributed by atoms with Gasteiger partial charge in [0.15, 0.2) is 11.0 Å². The number of benzene rings is 3. The van der Waals surface area contributed by atoms with Crippen molar-refractivity contribution in [3.05, 3.63) is 106 Å². The molecule has 1 N–H and O–H groups in total. The fourth-order valence-corrected chi connectivity index (χ4v) is 4.66. The number of aromatic nitrogens is 3. The standard InChI is InChI=1S/C27H26BrFN4OS/c1-27(2,3)20-8-6-19(7-9-20)25(34)30-16-24-31-32-26(33(24)23-14-12-22(29)13-15-23)35-17-18-4-10-21(28)11-5-18/h4-15H,16-17H2,1-3H3,(H,30,34). The van der Waals surface area contributed by atoms with Crippen LogP contribution in [0.1, 0.15) is 48.1 Å². The molecule has 0 fully saturated rings. The van der Waals surface area contributed by atoms with Gasteiger partial charge in [-0.3, -0.25) is 9.36 Å². The SMILES string of the molecule is CC(C)(C)c1ccc(C(=O)NCc2nnc(SCc3ccc(Br)cc3)n2-c2ccc(F)cc2)cc1. The molecule has 5 nitrogen and oxygen atoms in total. The lowest BCUT2D eigenvalue weighted by atomic mass is 9.87. The van der Waals surface area contributed by atoms with Crippen molar-refractivity contribution in [2.75, 3.05) is 0 Å². The number of hydrogen-bond acceptors (Lipinski definition) is 4. The van der Waals surface area contributed by atoms with E-state index in [1.165, 1.54) is 23.9 Å². The number of thioether (sulfide) groups is 1. The summed E-state index contributed by atoms with van der Waals surface area (Å²) in [5, 5.41) is 12.3. The lowest BCUT2D eigenvalue weighted by molar-refractivity contribution is 0.0949. The molecule has 35 heavy (non-hydrogen) atoms. The van der Waals surface area contributed by atoms with Crippen LogP contribution in [-0.4, -0.2) is 20.7 Å². The van der Waals surface area contributed by atoms with E-state index in [4.69, 9.17) is 0 Å². The molecule has 1 amide bonds. The molecule has 4 aromatic rings. The van der Waals surface area contributed by atoms with Crippen LogP contribution in [0.4, 0.5) is 4.39 Å². The predicted octanol–water partition coefficient (Wildman–Crippen LogP) is 6.69. The second kappa shape index (κ2) is 10.7. The molecule has 1 heterocycles. The van der Waals surface area contributed by atoms with E-state index in [1.807, 2.05) is 53.1 Å². The van der Waals surface area contributed by atoms with Crippen molar-refractivity contribution >= 4 is 33.6 Å². The van der Waals surface area contributed by atoms with Gasteiger partial charge < -0.3 is 5.32 Å². The van der Waals surface area contributed by atoms with E-state index in [1.54, 1.807) is 12.1 Å². The molecule has 0 saturated carbocycles. The Hall–Kier alpha value is -2.97. The minimum Gasteiger partial charge on any atom is -0.345 e. The minimum atomic E-state index is -0.320. The van der Waals surface area contributed by atoms with Gasteiger partial charge in [-0.25, -0.2) is 4.39 Å². The zero-order chi connectivity index (χ0) is 25.0. The first-order valence-corrected chi connectivity index (χ1v) is 12.9. The molecule has 0 atom stereocenters. The van der Waals surface area contributed by atoms with Crippen LogP contribution in [0.2, 0.25) is 0 Å². The number of nitrogens with one attached hydrogen (secondary N) is 1. The lowest BCUT2D eigenvalue weighted by Gasteiger charge is -2.19. The van der Waals surface area contributed by atoms with E-state index in [0.717, 1.165) is 21.3 Å². The van der Waals surface area contributed by atoms with Crippen LogP contribution < -0.4 is 5.32 Å². The van der Waals surface area contributed by atoms with E-state index in [9.17, 15) is 9.18 Å². The third-order valence-corrected chi connectivity index (χ3v) is 7.02. The quantitative estimate of drug-likeness (QED) is 0.259. The Morgan fingerprint density at radius 3 is 2.26 bits per heavy atom. The maximum Gasteiger partial charge on any atom is 0.251 e. The molecule has 0 bridgehead atoms. The molecule has 0 spiro atoms. The number of nitrogens with zero attached hydrogens (tertiary/aromatic N) is 3. The van der Waals surface area contributed by atoms with E-state index >= 15 is 0 Å². The average Bonchev–Trinajstić information content (AvgIpc) is 3.25. The molecule has 0 saturated heterocycles. The van der Waals surface area contributed by atoms with Crippen molar-refractivity contribution in [1.29, 1.82) is 0 Å². The van der Waals surface area contributed by atoms with Gasteiger partial charge in [0.25, 0.3) is 5.91 Å². The van der Waals surface area contributed by atoms with Gasteiger partial charge in [-0.15, -0.1) is 10.2 Å². The van der Waals surface area contributed by atoms with Crippen molar-refractivity contribution in [2.45, 2.75) is 43.6 Å². The Labute approximate surface area is 217 Å². The fourth-order valence-electron chi connectivity index (χ4n) is 3.47. The van der Waals surface area contributed by atoms with Crippen molar-refractivity contribution in [3.63, 3.8) is 0 Å². The molecule has 0 radical (unpaired) electrons. The summed E-state index contributed by atoms with van der Waals surface area (Å²) < 4.78 is 16.4. The van der Waals surface area contributed by atoms with Crippen LogP contribution in [0, 0.1) is 5.82 Å². The molecule has 4 rings (SSSR count). The van der Waals surface area contributed by atoms with Gasteiger partial charge in [0.05, 0.1) is 6.54 Å². The van der Waals surface area contributed by atoms with E-state index in [-0.39, 0.29) is 23.7 Å². The van der Waals surface area contributed by atoms with Crippen molar-refractivity contribution in [3.8, 4) is 5.69 Å². The van der Waals surface area contributed by atoms with Crippen molar-refractivity contribution < 1.29 is 9.18 Å². The highest BCUT2D eigenvalue weighted by Gasteiger charge is 2.17. The molecule has 8 heteroatoms. The summed E-state index contributed by atoms with van der Waals surface area (Å²) >= 11 is 4.98. The zero-order valence-corrected chi connectivity index (χ0v) is 22.2. The second-order valence-electron chi connectivity index (χ2n) is 9.14. The Kier molecular flexibility index (Phi) is 7.72. The first-order valence-electron chi connectivity index (χ1n) is 11.2. The highest BCUT2D eigenvalue weighted by Crippen LogP contribution is 2.26. The summed E-state index contributed by atoms with van der Waals surface area (Å²) in [5.41, 5.74) is 3.63. The normalized spacial score (nSPS) is 11.5. The lowest BCUT2D eigenvalue weighted by Crippen LogP contribution is -2.25. The largest absolute Gasteiger partial charge is 0.345 e. The highest BCUT2D eigenvalue weighted by atomic mass is 79.9. The van der Waals surface area contributed by atoms with Gasteiger partial charge in [-0.1, -0.05) is 72.7 Å². The summed E-state index contributed by atoms with van der Waals surface area (Å²) in [4.78, 5) is 12.8. The first kappa shape index (κ1) is 25.1. The number of carbonyl (C=O) groups is 1. The Balaban J connectivity index is 1.53. The van der Waals surface area contributed by atoms with Crippen LogP contribution in [0.15, 0.2) is 82.4 Å². The van der Waals surface area contributed by atoms with Crippen LogP contribution in [0.3, 0.4) is 0 Å². The zero-order valence-electron chi connectivity index (χ0n) is 19.8. The molecule has 0 aliphatic carbocycles. The molecule has 0 unspecified atom stereocenters. The average molecular weight is 554 g/mol. The number of carbonyl (C=O) groups excluding carboxylic acids is 1. The van der Waals surface area contributed by atoms with E-state index in [0.29, 0.717) is 22.3 Å². The monoisotopic (exact) mass is 552 g/mol. The Bertz CT molecular complexity index is 1300. The van der Waals surface area contributed by atoms with Crippen LogP contribution in [0.25, 0.3) is 5.69 Å². The third kappa shape index (κ3) is 6.38. The summed E-state index contributed by atoms with van der Waals surface area (Å²) in [6.45, 7) is 6.59. The molecule has 180 valence electrons. The van der Waals surface area contributed by atoms with Gasteiger partial charge >= 0.3 is 0 Å². The summed E-state index contributed by atoms with van der Waals surface area (Å²) in [6, 6.07) is 21.9. The molecular formula is C27H26BrFN4OS. The number of halogens is 2. The van der Waals surface area contributed by atoms with Crippen LogP contribution >= 0.6 is 27.7 Å². The van der Waals surface area contributed by atoms with Gasteiger partial charge in [0.1, 0.15) is 5.82 Å². The summed E-state index contributed by atoms with van der Waals surface area (Å²) in [5.74, 6) is 0.747. The Morgan fingerprint density at radius 1 is 0.971 bits per heavy atom. The highest BCUT2D eigenvalue weighted by molar-refractivity contribution is 9.10. The van der Waals surface area contributed by atoms with Gasteiger partial charge in [-0.05, 0) is 65.1 Å². The van der Waals surface area contributed by atoms with Crippen LogP contribution in [-0.2, 0) is 17.7 Å². The van der Waals surface area contributed by atoms with Crippen molar-refractivity contribution in [2.24, 2.45) is 0 Å². The number of hydrogen-bond donors (Lipinski definition) is 1. The number of rotatable bonds is 7. The maximum atomic E-state index is 13.6.